The Bertz CT molecular complexity index is 625. The molecule has 4 nitrogen and oxygen atoms in total. The fraction of sp³-hybridized carbons (Fsp3) is 0.214. The van der Waals surface area contributed by atoms with E-state index in [2.05, 4.69) is 10.1 Å². The summed E-state index contributed by atoms with van der Waals surface area (Å²) < 4.78 is 10.0. The fourth-order valence-corrected chi connectivity index (χ4v) is 2.07. The molecule has 1 atom stereocenters. The van der Waals surface area contributed by atoms with Gasteiger partial charge in [-0.1, -0.05) is 29.3 Å². The Morgan fingerprint density at radius 2 is 2.05 bits per heavy atom. The molecule has 106 valence electrons. The highest BCUT2D eigenvalue weighted by molar-refractivity contribution is 6.43. The Morgan fingerprint density at radius 3 is 2.75 bits per heavy atom. The van der Waals surface area contributed by atoms with E-state index in [0.29, 0.717) is 21.5 Å². The first-order valence-corrected chi connectivity index (χ1v) is 6.67. The molecule has 1 N–H and O–H groups in total. The van der Waals surface area contributed by atoms with Crippen molar-refractivity contribution in [1.29, 1.82) is 0 Å². The smallest absolute Gasteiger partial charge is 0.373 e. The predicted octanol–water partition coefficient (Wildman–Crippen LogP) is 4.55. The minimum absolute atomic E-state index is 0.161. The summed E-state index contributed by atoms with van der Waals surface area (Å²) in [5, 5.41) is 4.09. The third-order valence-corrected chi connectivity index (χ3v) is 3.58. The number of benzene rings is 1. The summed E-state index contributed by atoms with van der Waals surface area (Å²) in [7, 11) is 1.30. The van der Waals surface area contributed by atoms with Gasteiger partial charge in [-0.15, -0.1) is 0 Å². The minimum Gasteiger partial charge on any atom is -0.463 e. The van der Waals surface area contributed by atoms with Crippen LogP contribution in [0.4, 0.5) is 5.69 Å². The highest BCUT2D eigenvalue weighted by Gasteiger charge is 2.16. The molecular formula is C14H13Cl2NO3. The molecule has 0 saturated carbocycles. The quantitative estimate of drug-likeness (QED) is 0.841. The highest BCUT2D eigenvalue weighted by Crippen LogP contribution is 2.32. The summed E-state index contributed by atoms with van der Waals surface area (Å²) in [5.74, 6) is 0.249. The molecule has 0 fully saturated rings. The van der Waals surface area contributed by atoms with Crippen LogP contribution in [0.5, 0.6) is 0 Å². The van der Waals surface area contributed by atoms with E-state index in [1.807, 2.05) is 13.0 Å². The lowest BCUT2D eigenvalue weighted by atomic mass is 10.2. The van der Waals surface area contributed by atoms with Gasteiger partial charge in [0.25, 0.3) is 0 Å². The number of hydrogen-bond donors (Lipinski definition) is 1. The highest BCUT2D eigenvalue weighted by atomic mass is 35.5. The van der Waals surface area contributed by atoms with Crippen molar-refractivity contribution in [2.75, 3.05) is 12.4 Å². The third-order valence-electron chi connectivity index (χ3n) is 2.76. The minimum atomic E-state index is -0.510. The molecule has 2 aromatic rings. The van der Waals surface area contributed by atoms with E-state index in [-0.39, 0.29) is 11.8 Å². The number of ether oxygens (including phenoxy) is 1. The summed E-state index contributed by atoms with van der Waals surface area (Å²) >= 11 is 12.1. The molecule has 1 aromatic carbocycles. The zero-order chi connectivity index (χ0) is 14.7. The maximum Gasteiger partial charge on any atom is 0.373 e. The van der Waals surface area contributed by atoms with Crippen molar-refractivity contribution in [3.63, 3.8) is 0 Å². The van der Waals surface area contributed by atoms with Gasteiger partial charge in [-0.05, 0) is 31.2 Å². The second kappa shape index (κ2) is 6.20. The number of anilines is 1. The van der Waals surface area contributed by atoms with Gasteiger partial charge in [0.05, 0.1) is 28.9 Å². The Hall–Kier alpha value is -1.65. The average Bonchev–Trinajstić information content (AvgIpc) is 2.93. The number of hydrogen-bond acceptors (Lipinski definition) is 4. The fourth-order valence-electron chi connectivity index (χ4n) is 1.72. The van der Waals surface area contributed by atoms with Gasteiger partial charge >= 0.3 is 5.97 Å². The Morgan fingerprint density at radius 1 is 1.30 bits per heavy atom. The molecule has 6 heteroatoms. The van der Waals surface area contributed by atoms with Crippen molar-refractivity contribution in [3.05, 3.63) is 51.9 Å². The number of nitrogens with one attached hydrogen (secondary N) is 1. The van der Waals surface area contributed by atoms with E-state index in [0.717, 1.165) is 0 Å². The van der Waals surface area contributed by atoms with Crippen molar-refractivity contribution in [1.82, 2.24) is 0 Å². The van der Waals surface area contributed by atoms with Crippen molar-refractivity contribution < 1.29 is 13.9 Å². The molecule has 20 heavy (non-hydrogen) atoms. The molecule has 0 radical (unpaired) electrons. The number of esters is 1. The van der Waals surface area contributed by atoms with Crippen LogP contribution in [0.25, 0.3) is 0 Å². The van der Waals surface area contributed by atoms with Crippen molar-refractivity contribution in [3.8, 4) is 0 Å². The van der Waals surface area contributed by atoms with Crippen LogP contribution in [0.3, 0.4) is 0 Å². The van der Waals surface area contributed by atoms with Gasteiger partial charge in [0.1, 0.15) is 5.76 Å². The van der Waals surface area contributed by atoms with E-state index >= 15 is 0 Å². The Balaban J connectivity index is 2.16. The number of carbonyl (C=O) groups excluding carboxylic acids is 1. The lowest BCUT2D eigenvalue weighted by Crippen LogP contribution is -2.06. The van der Waals surface area contributed by atoms with Gasteiger partial charge in [0.2, 0.25) is 5.76 Å². The van der Waals surface area contributed by atoms with E-state index in [1.54, 1.807) is 24.3 Å². The molecule has 0 aliphatic heterocycles. The van der Waals surface area contributed by atoms with Crippen LogP contribution >= 0.6 is 23.2 Å². The molecule has 0 spiro atoms. The number of methoxy groups -OCH3 is 1. The lowest BCUT2D eigenvalue weighted by molar-refractivity contribution is 0.0562. The molecule has 1 aromatic heterocycles. The average molecular weight is 314 g/mol. The van der Waals surface area contributed by atoms with Gasteiger partial charge in [-0.2, -0.15) is 0 Å². The molecule has 1 unspecified atom stereocenters. The number of carbonyl (C=O) groups is 1. The van der Waals surface area contributed by atoms with Crippen LogP contribution < -0.4 is 5.32 Å². The molecule has 1 heterocycles. The molecule has 0 aliphatic carbocycles. The maximum absolute atomic E-state index is 11.3. The lowest BCUT2D eigenvalue weighted by Gasteiger charge is -2.14. The molecule has 0 amide bonds. The van der Waals surface area contributed by atoms with Gasteiger partial charge in [0, 0.05) is 0 Å². The van der Waals surface area contributed by atoms with Gasteiger partial charge < -0.3 is 14.5 Å². The standard InChI is InChI=1S/C14H13Cl2NO3/c1-8(11-6-7-12(20-11)14(18)19-2)17-10-5-3-4-9(15)13(10)16/h3-8,17H,1-2H3. The van der Waals surface area contributed by atoms with Crippen molar-refractivity contribution in [2.45, 2.75) is 13.0 Å². The van der Waals surface area contributed by atoms with Gasteiger partial charge in [-0.3, -0.25) is 0 Å². The summed E-state index contributed by atoms with van der Waals surface area (Å²) in [4.78, 5) is 11.3. The van der Waals surface area contributed by atoms with Crippen LogP contribution in [0.15, 0.2) is 34.7 Å². The Kier molecular flexibility index (Phi) is 4.57. The zero-order valence-corrected chi connectivity index (χ0v) is 12.5. The molecule has 0 bridgehead atoms. The van der Waals surface area contributed by atoms with Crippen LogP contribution in [-0.4, -0.2) is 13.1 Å². The van der Waals surface area contributed by atoms with E-state index in [4.69, 9.17) is 27.6 Å². The maximum atomic E-state index is 11.3. The SMILES string of the molecule is COC(=O)c1ccc(C(C)Nc2cccc(Cl)c2Cl)o1. The number of halogens is 2. The van der Waals surface area contributed by atoms with Crippen LogP contribution in [0.2, 0.25) is 10.0 Å². The van der Waals surface area contributed by atoms with E-state index < -0.39 is 5.97 Å². The largest absolute Gasteiger partial charge is 0.463 e. The molecule has 0 saturated heterocycles. The Labute approximate surface area is 126 Å². The van der Waals surface area contributed by atoms with Crippen LogP contribution in [-0.2, 0) is 4.74 Å². The molecule has 2 rings (SSSR count). The van der Waals surface area contributed by atoms with E-state index in [9.17, 15) is 4.79 Å². The second-order valence-electron chi connectivity index (χ2n) is 4.16. The normalized spacial score (nSPS) is 12.0. The van der Waals surface area contributed by atoms with Gasteiger partial charge in [0.15, 0.2) is 0 Å². The third kappa shape index (κ3) is 3.08. The molecule has 0 aliphatic rings. The summed E-state index contributed by atoms with van der Waals surface area (Å²) in [6, 6.07) is 8.42. The first-order chi connectivity index (χ1) is 9.52. The predicted molar refractivity (Wildman–Crippen MR) is 78.5 cm³/mol. The number of furan rings is 1. The zero-order valence-electron chi connectivity index (χ0n) is 10.9. The van der Waals surface area contributed by atoms with Crippen molar-refractivity contribution >= 4 is 34.9 Å². The van der Waals surface area contributed by atoms with Crippen LogP contribution in [0.1, 0.15) is 29.3 Å². The molecular weight excluding hydrogens is 301 g/mol. The first kappa shape index (κ1) is 14.8. The van der Waals surface area contributed by atoms with Crippen molar-refractivity contribution in [2.24, 2.45) is 0 Å². The first-order valence-electron chi connectivity index (χ1n) is 5.91. The summed E-state index contributed by atoms with van der Waals surface area (Å²) in [6.07, 6.45) is 0. The number of rotatable bonds is 4. The van der Waals surface area contributed by atoms with Crippen LogP contribution in [0, 0.1) is 0 Å². The summed E-state index contributed by atoms with van der Waals surface area (Å²) in [6.45, 7) is 1.89. The van der Waals surface area contributed by atoms with E-state index in [1.165, 1.54) is 7.11 Å². The monoisotopic (exact) mass is 313 g/mol. The summed E-state index contributed by atoms with van der Waals surface area (Å²) in [5.41, 5.74) is 0.697. The topological polar surface area (TPSA) is 51.5 Å². The van der Waals surface area contributed by atoms with Gasteiger partial charge in [-0.25, -0.2) is 4.79 Å². The second-order valence-corrected chi connectivity index (χ2v) is 4.95.